The molecule has 3 atom stereocenters. The van der Waals surface area contributed by atoms with E-state index < -0.39 is 29.8 Å². The predicted molar refractivity (Wildman–Crippen MR) is 151 cm³/mol. The fourth-order valence-corrected chi connectivity index (χ4v) is 4.53. The van der Waals surface area contributed by atoms with Gasteiger partial charge in [-0.2, -0.15) is 0 Å². The standard InChI is InChI=1S/C30H34N6O5/c1-20-30(40)36(2)23(16-21-8-4-3-5-9-21)19-41-26-11-7-6-10-24(26)28(38)35-25(17-27(37)34-20)29(39)33-13-12-22-18-31-14-15-32-22/h3-11,14-15,18,20,23,25H,12-13,16-17,19H2,1-2H3,(H,33,39)(H,34,37)(H,35,38)/t20-,23-,25-/m0/s1. The van der Waals surface area contributed by atoms with Gasteiger partial charge in [-0.1, -0.05) is 42.5 Å². The molecule has 0 fully saturated rings. The van der Waals surface area contributed by atoms with Crippen LogP contribution in [0.2, 0.25) is 0 Å². The average molecular weight is 559 g/mol. The SMILES string of the molecule is C[C@@H]1NC(=O)C[C@@H](C(=O)NCCc2cnccn2)NC(=O)c2ccccc2OC[C@H](Cc2ccccc2)N(C)C1=O. The third kappa shape index (κ3) is 8.10. The van der Waals surface area contributed by atoms with Crippen LogP contribution in [0, 0.1) is 0 Å². The zero-order valence-corrected chi connectivity index (χ0v) is 23.1. The summed E-state index contributed by atoms with van der Waals surface area (Å²) in [5.41, 5.74) is 1.91. The first-order valence-corrected chi connectivity index (χ1v) is 13.5. The highest BCUT2D eigenvalue weighted by atomic mass is 16.5. The molecule has 2 aromatic carbocycles. The molecule has 1 aromatic heterocycles. The van der Waals surface area contributed by atoms with Gasteiger partial charge in [0.15, 0.2) is 0 Å². The lowest BCUT2D eigenvalue weighted by atomic mass is 10.0. The summed E-state index contributed by atoms with van der Waals surface area (Å²) < 4.78 is 6.12. The second kappa shape index (κ2) is 14.0. The van der Waals surface area contributed by atoms with Crippen molar-refractivity contribution in [1.82, 2.24) is 30.8 Å². The molecular formula is C30H34N6O5. The van der Waals surface area contributed by atoms with E-state index in [4.69, 9.17) is 4.74 Å². The fraction of sp³-hybridized carbons (Fsp3) is 0.333. The molecule has 2 heterocycles. The molecule has 0 aliphatic carbocycles. The number of fused-ring (bicyclic) bond motifs is 1. The van der Waals surface area contributed by atoms with Crippen molar-refractivity contribution in [2.45, 2.75) is 44.3 Å². The first-order valence-electron chi connectivity index (χ1n) is 13.5. The van der Waals surface area contributed by atoms with Gasteiger partial charge in [-0.3, -0.25) is 29.1 Å². The molecule has 0 spiro atoms. The molecule has 11 nitrogen and oxygen atoms in total. The number of hydrogen-bond acceptors (Lipinski definition) is 7. The van der Waals surface area contributed by atoms with Crippen LogP contribution >= 0.6 is 0 Å². The number of benzene rings is 2. The minimum atomic E-state index is -1.19. The topological polar surface area (TPSA) is 143 Å². The van der Waals surface area contributed by atoms with E-state index in [2.05, 4.69) is 25.9 Å². The first-order chi connectivity index (χ1) is 19.8. The van der Waals surface area contributed by atoms with Gasteiger partial charge in [0, 0.05) is 38.6 Å². The summed E-state index contributed by atoms with van der Waals surface area (Å²) in [5, 5.41) is 8.10. The number of amides is 4. The van der Waals surface area contributed by atoms with Gasteiger partial charge in [-0.15, -0.1) is 0 Å². The maximum absolute atomic E-state index is 13.4. The second-order valence-corrected chi connectivity index (χ2v) is 9.86. The number of para-hydroxylation sites is 1. The Balaban J connectivity index is 1.56. The van der Waals surface area contributed by atoms with E-state index in [0.717, 1.165) is 5.56 Å². The van der Waals surface area contributed by atoms with Crippen molar-refractivity contribution in [3.8, 4) is 5.75 Å². The lowest BCUT2D eigenvalue weighted by molar-refractivity contribution is -0.137. The van der Waals surface area contributed by atoms with E-state index in [0.29, 0.717) is 24.3 Å². The van der Waals surface area contributed by atoms with Crippen LogP contribution in [0.3, 0.4) is 0 Å². The van der Waals surface area contributed by atoms with Crippen LogP contribution in [0.5, 0.6) is 5.75 Å². The molecule has 3 aromatic rings. The molecule has 0 bridgehead atoms. The Hall–Kier alpha value is -4.80. The molecule has 1 aliphatic rings. The van der Waals surface area contributed by atoms with Gasteiger partial charge < -0.3 is 25.6 Å². The molecule has 0 saturated heterocycles. The molecular weight excluding hydrogens is 524 g/mol. The molecule has 41 heavy (non-hydrogen) atoms. The van der Waals surface area contributed by atoms with Crippen LogP contribution in [0.1, 0.15) is 35.0 Å². The van der Waals surface area contributed by atoms with Crippen LogP contribution in [0.25, 0.3) is 0 Å². The van der Waals surface area contributed by atoms with Crippen molar-refractivity contribution in [1.29, 1.82) is 0 Å². The highest BCUT2D eigenvalue weighted by Crippen LogP contribution is 2.20. The highest BCUT2D eigenvalue weighted by molar-refractivity contribution is 6.01. The van der Waals surface area contributed by atoms with Crippen LogP contribution < -0.4 is 20.7 Å². The number of nitrogens with zero attached hydrogens (tertiary/aromatic N) is 3. The van der Waals surface area contributed by atoms with Gasteiger partial charge >= 0.3 is 0 Å². The second-order valence-electron chi connectivity index (χ2n) is 9.86. The smallest absolute Gasteiger partial charge is 0.255 e. The molecule has 3 N–H and O–H groups in total. The molecule has 0 unspecified atom stereocenters. The summed E-state index contributed by atoms with van der Waals surface area (Å²) in [6, 6.07) is 13.9. The lowest BCUT2D eigenvalue weighted by Gasteiger charge is -2.31. The van der Waals surface area contributed by atoms with Gasteiger partial charge in [-0.25, -0.2) is 0 Å². The molecule has 0 radical (unpaired) electrons. The van der Waals surface area contributed by atoms with Crippen LogP contribution in [-0.4, -0.2) is 76.8 Å². The number of hydrogen-bond donors (Lipinski definition) is 3. The van der Waals surface area contributed by atoms with Crippen LogP contribution in [0.15, 0.2) is 73.2 Å². The minimum Gasteiger partial charge on any atom is -0.491 e. The Morgan fingerprint density at radius 3 is 2.56 bits per heavy atom. The highest BCUT2D eigenvalue weighted by Gasteiger charge is 2.30. The summed E-state index contributed by atoms with van der Waals surface area (Å²) in [6.45, 7) is 1.93. The van der Waals surface area contributed by atoms with E-state index in [1.807, 2.05) is 30.3 Å². The Morgan fingerprint density at radius 2 is 1.80 bits per heavy atom. The summed E-state index contributed by atoms with van der Waals surface area (Å²) in [5.74, 6) is -1.64. The first kappa shape index (κ1) is 29.2. The number of carbonyl (C=O) groups excluding carboxylic acids is 4. The zero-order chi connectivity index (χ0) is 29.2. The Labute approximate surface area is 238 Å². The van der Waals surface area contributed by atoms with E-state index in [1.54, 1.807) is 61.7 Å². The van der Waals surface area contributed by atoms with Gasteiger partial charge in [0.2, 0.25) is 17.7 Å². The van der Waals surface area contributed by atoms with Crippen molar-refractivity contribution in [3.05, 3.63) is 90.0 Å². The van der Waals surface area contributed by atoms with E-state index in [1.165, 1.54) is 0 Å². The quantitative estimate of drug-likeness (QED) is 0.414. The molecule has 11 heteroatoms. The number of aromatic nitrogens is 2. The van der Waals surface area contributed by atoms with E-state index in [9.17, 15) is 19.2 Å². The van der Waals surface area contributed by atoms with Crippen LogP contribution in [-0.2, 0) is 27.2 Å². The maximum atomic E-state index is 13.4. The third-order valence-corrected chi connectivity index (χ3v) is 6.83. The van der Waals surface area contributed by atoms with Crippen molar-refractivity contribution in [2.24, 2.45) is 0 Å². The monoisotopic (exact) mass is 558 g/mol. The van der Waals surface area contributed by atoms with Crippen molar-refractivity contribution < 1.29 is 23.9 Å². The summed E-state index contributed by atoms with van der Waals surface area (Å²) >= 11 is 0. The van der Waals surface area contributed by atoms with Crippen LogP contribution in [0.4, 0.5) is 0 Å². The fourth-order valence-electron chi connectivity index (χ4n) is 4.53. The Bertz CT molecular complexity index is 1350. The largest absolute Gasteiger partial charge is 0.491 e. The van der Waals surface area contributed by atoms with Crippen molar-refractivity contribution >= 4 is 23.6 Å². The molecule has 4 amide bonds. The molecule has 4 rings (SSSR count). The predicted octanol–water partition coefficient (Wildman–Crippen LogP) is 1.29. The minimum absolute atomic E-state index is 0.106. The summed E-state index contributed by atoms with van der Waals surface area (Å²) in [4.78, 5) is 62.5. The van der Waals surface area contributed by atoms with E-state index in [-0.39, 0.29) is 37.1 Å². The number of rotatable bonds is 6. The zero-order valence-electron chi connectivity index (χ0n) is 23.1. The molecule has 214 valence electrons. The third-order valence-electron chi connectivity index (χ3n) is 6.83. The summed E-state index contributed by atoms with van der Waals surface area (Å²) in [7, 11) is 1.67. The van der Waals surface area contributed by atoms with Gasteiger partial charge in [0.05, 0.1) is 23.7 Å². The van der Waals surface area contributed by atoms with Crippen molar-refractivity contribution in [3.63, 3.8) is 0 Å². The average Bonchev–Trinajstić information content (AvgIpc) is 2.98. The van der Waals surface area contributed by atoms with Crippen molar-refractivity contribution in [2.75, 3.05) is 20.2 Å². The maximum Gasteiger partial charge on any atom is 0.255 e. The van der Waals surface area contributed by atoms with Gasteiger partial charge in [0.25, 0.3) is 5.91 Å². The number of nitrogens with one attached hydrogen (secondary N) is 3. The Kier molecular flexibility index (Phi) is 9.98. The number of carbonyl (C=O) groups is 4. The molecule has 1 aliphatic heterocycles. The molecule has 0 saturated carbocycles. The van der Waals surface area contributed by atoms with Gasteiger partial charge in [0.1, 0.15) is 24.4 Å². The normalized spacial score (nSPS) is 20.1. The number of ether oxygens (including phenoxy) is 1. The van der Waals surface area contributed by atoms with Gasteiger partial charge in [-0.05, 0) is 31.0 Å². The van der Waals surface area contributed by atoms with E-state index >= 15 is 0 Å². The Morgan fingerprint density at radius 1 is 1.05 bits per heavy atom. The lowest BCUT2D eigenvalue weighted by Crippen LogP contribution is -2.54. The number of likely N-dealkylation sites (N-methyl/N-ethyl adjacent to an activating group) is 1. The summed E-state index contributed by atoms with van der Waals surface area (Å²) in [6.07, 6.45) is 5.28.